The van der Waals surface area contributed by atoms with Crippen LogP contribution in [0.5, 0.6) is 0 Å². The molecule has 4 aromatic rings. The summed E-state index contributed by atoms with van der Waals surface area (Å²) in [5.41, 5.74) is 3.42. The van der Waals surface area contributed by atoms with Gasteiger partial charge in [0.2, 0.25) is 0 Å². The van der Waals surface area contributed by atoms with Crippen molar-refractivity contribution < 1.29 is 0 Å². The van der Waals surface area contributed by atoms with Gasteiger partial charge in [-0.25, -0.2) is 9.67 Å². The molecule has 0 N–H and O–H groups in total. The van der Waals surface area contributed by atoms with Gasteiger partial charge in [-0.2, -0.15) is 0 Å². The summed E-state index contributed by atoms with van der Waals surface area (Å²) in [7, 11) is 0. The zero-order valence-electron chi connectivity index (χ0n) is 20.2. The Morgan fingerprint density at radius 3 is 2.38 bits per heavy atom. The molecule has 5 rings (SSSR count). The van der Waals surface area contributed by atoms with Crippen LogP contribution in [0.2, 0.25) is 0 Å². The maximum atomic E-state index is 4.87. The van der Waals surface area contributed by atoms with Gasteiger partial charge in [-0.05, 0) is 55.3 Å². The summed E-state index contributed by atoms with van der Waals surface area (Å²) >= 11 is 1.78. The van der Waals surface area contributed by atoms with E-state index in [0.717, 1.165) is 49.1 Å². The minimum atomic E-state index is -0.148. The van der Waals surface area contributed by atoms with Crippen molar-refractivity contribution >= 4 is 39.1 Å². The van der Waals surface area contributed by atoms with Crippen molar-refractivity contribution in [3.8, 4) is 0 Å². The minimum Gasteiger partial charge on any atom is -0.345 e. The number of para-hydroxylation sites is 1. The summed E-state index contributed by atoms with van der Waals surface area (Å²) in [6.07, 6.45) is 0.955. The molecule has 1 unspecified atom stereocenters. The molecule has 2 aromatic carbocycles. The minimum absolute atomic E-state index is 0. The highest BCUT2D eigenvalue weighted by molar-refractivity contribution is 7.22. The van der Waals surface area contributed by atoms with Gasteiger partial charge in [0, 0.05) is 26.2 Å². The zero-order valence-corrected chi connectivity index (χ0v) is 21.8. The van der Waals surface area contributed by atoms with E-state index in [9.17, 15) is 0 Å². The first kappa shape index (κ1) is 24.6. The molecule has 180 valence electrons. The number of fused-ring (bicyclic) bond motifs is 1. The molecular weight excluding hydrogens is 466 g/mol. The SMILES string of the molecule is CCC(C)(C)n1nnnc1C(c1ccc(C)cc1)N1CCN(c2nc3ccccc3s2)CC1.Cl. The van der Waals surface area contributed by atoms with Crippen LogP contribution in [0.4, 0.5) is 5.13 Å². The number of hydrogen-bond donors (Lipinski definition) is 0. The number of nitrogens with zero attached hydrogens (tertiary/aromatic N) is 7. The van der Waals surface area contributed by atoms with Gasteiger partial charge in [-0.3, -0.25) is 4.90 Å². The third-order valence-corrected chi connectivity index (χ3v) is 7.90. The Labute approximate surface area is 211 Å². The third-order valence-electron chi connectivity index (χ3n) is 6.80. The molecule has 34 heavy (non-hydrogen) atoms. The van der Waals surface area contributed by atoms with Gasteiger partial charge in [0.15, 0.2) is 11.0 Å². The maximum Gasteiger partial charge on any atom is 0.186 e. The Hall–Kier alpha value is -2.55. The predicted octanol–water partition coefficient (Wildman–Crippen LogP) is 5.07. The topological polar surface area (TPSA) is 63.0 Å². The molecule has 1 atom stereocenters. The molecule has 3 heterocycles. The molecule has 0 saturated carbocycles. The predicted molar refractivity (Wildman–Crippen MR) is 141 cm³/mol. The molecule has 2 aromatic heterocycles. The molecule has 0 spiro atoms. The monoisotopic (exact) mass is 497 g/mol. The Balaban J connectivity index is 0.00000274. The lowest BCUT2D eigenvalue weighted by molar-refractivity contribution is 0.187. The zero-order chi connectivity index (χ0) is 23.0. The highest BCUT2D eigenvalue weighted by atomic mass is 35.5. The number of rotatable bonds is 6. The number of thiazole rings is 1. The molecule has 1 aliphatic rings. The summed E-state index contributed by atoms with van der Waals surface area (Å²) in [5, 5.41) is 14.2. The number of anilines is 1. The fraction of sp³-hybridized carbons (Fsp3) is 0.440. The van der Waals surface area contributed by atoms with Crippen LogP contribution in [-0.4, -0.2) is 56.3 Å². The van der Waals surface area contributed by atoms with Crippen molar-refractivity contribution in [2.75, 3.05) is 31.1 Å². The highest BCUT2D eigenvalue weighted by Gasteiger charge is 2.34. The Morgan fingerprint density at radius 1 is 1.00 bits per heavy atom. The van der Waals surface area contributed by atoms with Crippen LogP contribution in [0.1, 0.15) is 50.2 Å². The van der Waals surface area contributed by atoms with Crippen molar-refractivity contribution in [1.29, 1.82) is 0 Å². The van der Waals surface area contributed by atoms with Gasteiger partial charge >= 0.3 is 0 Å². The van der Waals surface area contributed by atoms with E-state index in [0.29, 0.717) is 0 Å². The Bertz CT molecular complexity index is 1190. The van der Waals surface area contributed by atoms with E-state index in [4.69, 9.17) is 4.98 Å². The summed E-state index contributed by atoms with van der Waals surface area (Å²) < 4.78 is 3.27. The van der Waals surface area contributed by atoms with Crippen molar-refractivity contribution in [1.82, 2.24) is 30.1 Å². The summed E-state index contributed by atoms with van der Waals surface area (Å²) in [4.78, 5) is 9.80. The largest absolute Gasteiger partial charge is 0.345 e. The number of benzene rings is 2. The second-order valence-corrected chi connectivity index (χ2v) is 10.4. The van der Waals surface area contributed by atoms with E-state index in [-0.39, 0.29) is 24.0 Å². The van der Waals surface area contributed by atoms with Crippen molar-refractivity contribution in [2.45, 2.75) is 45.7 Å². The molecule has 1 saturated heterocycles. The maximum absolute atomic E-state index is 4.87. The number of halogens is 1. The van der Waals surface area contributed by atoms with Gasteiger partial charge in [-0.1, -0.05) is 60.2 Å². The second-order valence-electron chi connectivity index (χ2n) is 9.42. The third kappa shape index (κ3) is 4.67. The first-order valence-electron chi connectivity index (χ1n) is 11.7. The standard InChI is InChI=1S/C25H31N7S.ClH/c1-5-25(3,4)32-23(27-28-29-32)22(19-12-10-18(2)11-13-19)30-14-16-31(17-15-30)24-26-20-8-6-7-9-21(20)33-24;/h6-13,22H,5,14-17H2,1-4H3;1H. The molecular formula is C25H32ClN7S. The number of piperazine rings is 1. The van der Waals surface area contributed by atoms with E-state index in [1.807, 2.05) is 4.68 Å². The summed E-state index contributed by atoms with van der Waals surface area (Å²) in [5.74, 6) is 0.916. The van der Waals surface area contributed by atoms with E-state index < -0.39 is 0 Å². The Kier molecular flexibility index (Phi) is 7.21. The number of tetrazole rings is 1. The molecule has 1 fully saturated rings. The molecule has 7 nitrogen and oxygen atoms in total. The van der Waals surface area contributed by atoms with Crippen LogP contribution in [0.25, 0.3) is 10.2 Å². The van der Waals surface area contributed by atoms with Crippen LogP contribution in [0, 0.1) is 6.92 Å². The van der Waals surface area contributed by atoms with Crippen LogP contribution < -0.4 is 4.90 Å². The van der Waals surface area contributed by atoms with Crippen LogP contribution in [-0.2, 0) is 5.54 Å². The van der Waals surface area contributed by atoms with Crippen molar-refractivity contribution in [3.05, 3.63) is 65.5 Å². The molecule has 0 bridgehead atoms. The summed E-state index contributed by atoms with van der Waals surface area (Å²) in [6, 6.07) is 17.2. The smallest absolute Gasteiger partial charge is 0.186 e. The van der Waals surface area contributed by atoms with Crippen LogP contribution >= 0.6 is 23.7 Å². The first-order valence-corrected chi connectivity index (χ1v) is 12.5. The van der Waals surface area contributed by atoms with Gasteiger partial charge in [0.05, 0.1) is 21.8 Å². The average Bonchev–Trinajstić information content (AvgIpc) is 3.49. The van der Waals surface area contributed by atoms with Gasteiger partial charge in [0.25, 0.3) is 0 Å². The lowest BCUT2D eigenvalue weighted by atomic mass is 9.98. The molecule has 0 aliphatic carbocycles. The lowest BCUT2D eigenvalue weighted by Crippen LogP contribution is -2.48. The molecule has 0 radical (unpaired) electrons. The van der Waals surface area contributed by atoms with E-state index in [1.165, 1.54) is 15.8 Å². The van der Waals surface area contributed by atoms with Crippen LogP contribution in [0.3, 0.4) is 0 Å². The first-order chi connectivity index (χ1) is 16.0. The number of aryl methyl sites for hydroxylation is 1. The Morgan fingerprint density at radius 2 is 1.71 bits per heavy atom. The summed E-state index contributed by atoms with van der Waals surface area (Å²) in [6.45, 7) is 12.4. The molecule has 9 heteroatoms. The van der Waals surface area contributed by atoms with Gasteiger partial charge < -0.3 is 4.90 Å². The quantitative estimate of drug-likeness (QED) is 0.370. The highest BCUT2D eigenvalue weighted by Crippen LogP contribution is 2.34. The van der Waals surface area contributed by atoms with Gasteiger partial charge in [-0.15, -0.1) is 17.5 Å². The van der Waals surface area contributed by atoms with E-state index >= 15 is 0 Å². The fourth-order valence-electron chi connectivity index (χ4n) is 4.38. The second kappa shape index (κ2) is 9.98. The lowest BCUT2D eigenvalue weighted by Gasteiger charge is -2.39. The number of hydrogen-bond acceptors (Lipinski definition) is 7. The normalized spacial score (nSPS) is 15.9. The average molecular weight is 498 g/mol. The molecule has 1 aliphatic heterocycles. The van der Waals surface area contributed by atoms with Crippen molar-refractivity contribution in [2.24, 2.45) is 0 Å². The van der Waals surface area contributed by atoms with Gasteiger partial charge in [0.1, 0.15) is 0 Å². The van der Waals surface area contributed by atoms with E-state index in [2.05, 4.69) is 102 Å². The molecule has 0 amide bonds. The van der Waals surface area contributed by atoms with E-state index in [1.54, 1.807) is 11.3 Å². The van der Waals surface area contributed by atoms with Crippen molar-refractivity contribution in [3.63, 3.8) is 0 Å². The number of aromatic nitrogens is 5. The fourth-order valence-corrected chi connectivity index (χ4v) is 5.40. The van der Waals surface area contributed by atoms with Crippen LogP contribution in [0.15, 0.2) is 48.5 Å².